The maximum atomic E-state index is 12.5. The van der Waals surface area contributed by atoms with Gasteiger partial charge in [-0.25, -0.2) is 0 Å². The third-order valence-corrected chi connectivity index (χ3v) is 14.6. The van der Waals surface area contributed by atoms with Gasteiger partial charge in [0.05, 0.1) is 25.4 Å². The zero-order valence-electron chi connectivity index (χ0n) is 48.2. The van der Waals surface area contributed by atoms with E-state index >= 15 is 0 Å². The highest BCUT2D eigenvalue weighted by atomic mass is 16.5. The van der Waals surface area contributed by atoms with Gasteiger partial charge in [0, 0.05) is 12.8 Å². The molecule has 6 nitrogen and oxygen atoms in total. The molecular weight excluding hydrogens is 887 g/mol. The van der Waals surface area contributed by atoms with Crippen molar-refractivity contribution in [1.82, 2.24) is 5.32 Å². The summed E-state index contributed by atoms with van der Waals surface area (Å²) >= 11 is 0. The molecule has 0 spiro atoms. The summed E-state index contributed by atoms with van der Waals surface area (Å²) in [7, 11) is 0. The fraction of sp³-hybridized carbons (Fsp3) is 0.848. The first-order chi connectivity index (χ1) is 35.5. The van der Waals surface area contributed by atoms with E-state index in [4.69, 9.17) is 4.74 Å². The van der Waals surface area contributed by atoms with E-state index in [-0.39, 0.29) is 18.5 Å². The fourth-order valence-electron chi connectivity index (χ4n) is 9.66. The molecule has 0 aliphatic carbocycles. The zero-order valence-corrected chi connectivity index (χ0v) is 48.2. The highest BCUT2D eigenvalue weighted by Gasteiger charge is 2.18. The summed E-state index contributed by atoms with van der Waals surface area (Å²) in [5.74, 6) is -0.0868. The Kier molecular flexibility index (Phi) is 59.5. The third-order valence-electron chi connectivity index (χ3n) is 14.6. The quantitative estimate of drug-likeness (QED) is 0.0320. The predicted octanol–water partition coefficient (Wildman–Crippen LogP) is 20.1. The molecular formula is C66H123NO5. The van der Waals surface area contributed by atoms with Gasteiger partial charge in [-0.3, -0.25) is 9.59 Å². The molecule has 0 fully saturated rings. The number of hydrogen-bond acceptors (Lipinski definition) is 5. The van der Waals surface area contributed by atoms with Gasteiger partial charge < -0.3 is 20.3 Å². The summed E-state index contributed by atoms with van der Waals surface area (Å²) in [6.45, 7) is 4.87. The van der Waals surface area contributed by atoms with E-state index in [1.807, 2.05) is 6.08 Å². The smallest absolute Gasteiger partial charge is 0.305 e. The average Bonchev–Trinajstić information content (AvgIpc) is 3.38. The SMILES string of the molecule is CCCCC/C=C\C/C=C\CCCCCCCC(=O)OCCCCCCCCCC/C=C\CCCCCCCCCC(=O)NC(CO)C(O)/C=C/CCCCCCCCCCCCCCCCCCCCC. The maximum absolute atomic E-state index is 12.5. The largest absolute Gasteiger partial charge is 0.466 e. The molecule has 2 atom stereocenters. The van der Waals surface area contributed by atoms with Crippen LogP contribution >= 0.6 is 0 Å². The maximum Gasteiger partial charge on any atom is 0.305 e. The van der Waals surface area contributed by atoms with Gasteiger partial charge in [0.25, 0.3) is 0 Å². The molecule has 0 radical (unpaired) electrons. The minimum absolute atomic E-state index is 0.0109. The van der Waals surface area contributed by atoms with Crippen LogP contribution in [0.25, 0.3) is 0 Å². The van der Waals surface area contributed by atoms with Crippen LogP contribution in [0, 0.1) is 0 Å². The van der Waals surface area contributed by atoms with Crippen molar-refractivity contribution < 1.29 is 24.5 Å². The van der Waals surface area contributed by atoms with Gasteiger partial charge in [-0.1, -0.05) is 281 Å². The average molecular weight is 1010 g/mol. The van der Waals surface area contributed by atoms with Crippen LogP contribution in [0.4, 0.5) is 0 Å². The topological polar surface area (TPSA) is 95.9 Å². The number of esters is 1. The molecule has 0 bridgehead atoms. The number of hydrogen-bond donors (Lipinski definition) is 3. The van der Waals surface area contributed by atoms with E-state index in [2.05, 4.69) is 55.6 Å². The molecule has 0 aromatic carbocycles. The van der Waals surface area contributed by atoms with Crippen LogP contribution in [0.2, 0.25) is 0 Å². The Labute approximate surface area is 448 Å². The lowest BCUT2D eigenvalue weighted by molar-refractivity contribution is -0.143. The van der Waals surface area contributed by atoms with Crippen molar-refractivity contribution in [1.29, 1.82) is 0 Å². The molecule has 3 N–H and O–H groups in total. The number of unbranched alkanes of at least 4 members (excludes halogenated alkanes) is 42. The van der Waals surface area contributed by atoms with Crippen LogP contribution in [0.15, 0.2) is 48.6 Å². The van der Waals surface area contributed by atoms with E-state index < -0.39 is 12.1 Å². The normalized spacial score (nSPS) is 12.9. The molecule has 0 rings (SSSR count). The Hall–Kier alpha value is -2.18. The van der Waals surface area contributed by atoms with Crippen LogP contribution in [0.1, 0.15) is 335 Å². The molecule has 2 unspecified atom stereocenters. The number of allylic oxidation sites excluding steroid dienone is 7. The molecule has 0 aromatic heterocycles. The number of carbonyl (C=O) groups is 2. The fourth-order valence-corrected chi connectivity index (χ4v) is 9.66. The minimum Gasteiger partial charge on any atom is -0.466 e. The minimum atomic E-state index is -0.853. The Morgan fingerprint density at radius 3 is 1.10 bits per heavy atom. The Morgan fingerprint density at radius 1 is 0.389 bits per heavy atom. The van der Waals surface area contributed by atoms with Crippen LogP contribution in [-0.2, 0) is 14.3 Å². The van der Waals surface area contributed by atoms with E-state index in [1.54, 1.807) is 6.08 Å². The molecule has 0 aliphatic heterocycles. The first-order valence-corrected chi connectivity index (χ1v) is 31.9. The van der Waals surface area contributed by atoms with Gasteiger partial charge in [0.2, 0.25) is 5.91 Å². The summed E-state index contributed by atoms with van der Waals surface area (Å²) in [5, 5.41) is 23.2. The second-order valence-corrected chi connectivity index (χ2v) is 21.7. The number of carbonyl (C=O) groups excluding carboxylic acids is 2. The highest BCUT2D eigenvalue weighted by molar-refractivity contribution is 5.76. The number of aliphatic hydroxyl groups excluding tert-OH is 2. The molecule has 0 aliphatic rings. The lowest BCUT2D eigenvalue weighted by Gasteiger charge is -2.20. The van der Waals surface area contributed by atoms with Crippen LogP contribution in [0.5, 0.6) is 0 Å². The van der Waals surface area contributed by atoms with Crippen molar-refractivity contribution in [2.45, 2.75) is 347 Å². The second kappa shape index (κ2) is 61.4. The Balaban J connectivity index is 3.48. The highest BCUT2D eigenvalue weighted by Crippen LogP contribution is 2.17. The summed E-state index contributed by atoms with van der Waals surface area (Å²) in [6, 6.07) is -0.637. The van der Waals surface area contributed by atoms with E-state index in [0.29, 0.717) is 19.4 Å². The third kappa shape index (κ3) is 57.1. The first-order valence-electron chi connectivity index (χ1n) is 31.9. The van der Waals surface area contributed by atoms with Crippen molar-refractivity contribution in [2.24, 2.45) is 0 Å². The van der Waals surface area contributed by atoms with Crippen molar-refractivity contribution in [2.75, 3.05) is 13.2 Å². The Bertz CT molecular complexity index is 1210. The summed E-state index contributed by atoms with van der Waals surface area (Å²) < 4.78 is 5.47. The molecule has 1 amide bonds. The lowest BCUT2D eigenvalue weighted by atomic mass is 10.0. The lowest BCUT2D eigenvalue weighted by Crippen LogP contribution is -2.45. The molecule has 0 saturated carbocycles. The molecule has 422 valence electrons. The van der Waals surface area contributed by atoms with Crippen LogP contribution in [-0.4, -0.2) is 47.4 Å². The van der Waals surface area contributed by atoms with E-state index in [1.165, 1.54) is 244 Å². The van der Waals surface area contributed by atoms with Gasteiger partial charge in [-0.2, -0.15) is 0 Å². The Morgan fingerprint density at radius 2 is 0.694 bits per heavy atom. The number of nitrogens with one attached hydrogen (secondary N) is 1. The van der Waals surface area contributed by atoms with Gasteiger partial charge in [0.1, 0.15) is 0 Å². The van der Waals surface area contributed by atoms with Crippen molar-refractivity contribution in [3.8, 4) is 0 Å². The number of amides is 1. The number of ether oxygens (including phenoxy) is 1. The standard InChI is InChI=1S/C66H123NO5/c1-3-5-7-9-11-13-15-17-19-20-21-22-24-27-31-34-38-42-46-50-54-58-64(69)63(62-68)67-65(70)59-55-51-47-43-39-35-32-28-25-23-26-29-33-37-41-45-49-53-57-61-72-66(71)60-56-52-48-44-40-36-30-18-16-14-12-10-8-6-4-2/h12,14,18,23,25,30,54,58,63-64,68-69H,3-11,13,15-17,19-22,24,26-29,31-53,55-57,59-62H2,1-2H3,(H,67,70)/b14-12-,25-23-,30-18-,58-54+. The summed E-state index contributed by atoms with van der Waals surface area (Å²) in [4.78, 5) is 24.6. The first kappa shape index (κ1) is 69.8. The van der Waals surface area contributed by atoms with Crippen molar-refractivity contribution in [3.05, 3.63) is 48.6 Å². The predicted molar refractivity (Wildman–Crippen MR) is 315 cm³/mol. The molecule has 6 heteroatoms. The zero-order chi connectivity index (χ0) is 52.2. The summed E-state index contributed by atoms with van der Waals surface area (Å²) in [5.41, 5.74) is 0. The van der Waals surface area contributed by atoms with Gasteiger partial charge in [-0.05, 0) is 89.9 Å². The number of rotatable bonds is 59. The van der Waals surface area contributed by atoms with Crippen molar-refractivity contribution >= 4 is 11.9 Å². The molecule has 72 heavy (non-hydrogen) atoms. The molecule has 0 saturated heterocycles. The van der Waals surface area contributed by atoms with E-state index in [0.717, 1.165) is 64.2 Å². The van der Waals surface area contributed by atoms with Crippen molar-refractivity contribution in [3.63, 3.8) is 0 Å². The van der Waals surface area contributed by atoms with Crippen LogP contribution in [0.3, 0.4) is 0 Å². The monoisotopic (exact) mass is 1010 g/mol. The molecule has 0 aromatic rings. The number of aliphatic hydroxyl groups is 2. The molecule has 0 heterocycles. The van der Waals surface area contributed by atoms with Gasteiger partial charge in [-0.15, -0.1) is 0 Å². The van der Waals surface area contributed by atoms with E-state index in [9.17, 15) is 19.8 Å². The van der Waals surface area contributed by atoms with Crippen LogP contribution < -0.4 is 5.32 Å². The second-order valence-electron chi connectivity index (χ2n) is 21.7. The summed E-state index contributed by atoms with van der Waals surface area (Å²) in [6.07, 6.45) is 78.6. The van der Waals surface area contributed by atoms with Gasteiger partial charge >= 0.3 is 5.97 Å². The van der Waals surface area contributed by atoms with Gasteiger partial charge in [0.15, 0.2) is 0 Å².